The summed E-state index contributed by atoms with van der Waals surface area (Å²) in [6, 6.07) is 5.50. The normalized spacial score (nSPS) is 10.6. The fraction of sp³-hybridized carbons (Fsp3) is 0.222. The van der Waals surface area contributed by atoms with E-state index in [0.717, 1.165) is 12.2 Å². The lowest BCUT2D eigenvalue weighted by Crippen LogP contribution is -1.98. The molecule has 3 nitrogen and oxygen atoms in total. The first-order chi connectivity index (χ1) is 6.29. The lowest BCUT2D eigenvalue weighted by molar-refractivity contribution is 0.322. The highest BCUT2D eigenvalue weighted by Crippen LogP contribution is 2.24. The Morgan fingerprint density at radius 3 is 3.00 bits per heavy atom. The minimum atomic E-state index is 0.571. The summed E-state index contributed by atoms with van der Waals surface area (Å²) in [5.41, 5.74) is 1.55. The summed E-state index contributed by atoms with van der Waals surface area (Å²) < 4.78 is 0. The zero-order chi connectivity index (χ0) is 9.68. The van der Waals surface area contributed by atoms with Crippen molar-refractivity contribution >= 4 is 23.5 Å². The summed E-state index contributed by atoms with van der Waals surface area (Å²) in [4.78, 5) is 0. The van der Waals surface area contributed by atoms with Gasteiger partial charge in [-0.05, 0) is 13.0 Å². The van der Waals surface area contributed by atoms with Crippen LogP contribution in [0, 0.1) is 0 Å². The molecule has 70 valence electrons. The maximum Gasteiger partial charge on any atom is 0.0749 e. The van der Waals surface area contributed by atoms with Crippen LogP contribution in [-0.2, 0) is 0 Å². The number of nitrogens with one attached hydrogen (secondary N) is 1. The Morgan fingerprint density at radius 1 is 1.62 bits per heavy atom. The first-order valence-corrected chi connectivity index (χ1v) is 4.37. The Hall–Kier alpha value is -1.22. The van der Waals surface area contributed by atoms with Crippen LogP contribution in [0.15, 0.2) is 23.4 Å². The average molecular weight is 199 g/mol. The highest BCUT2D eigenvalue weighted by atomic mass is 35.5. The molecule has 0 aromatic heterocycles. The van der Waals surface area contributed by atoms with E-state index in [4.69, 9.17) is 16.8 Å². The van der Waals surface area contributed by atoms with E-state index in [9.17, 15) is 0 Å². The van der Waals surface area contributed by atoms with Crippen LogP contribution in [-0.4, -0.2) is 18.0 Å². The summed E-state index contributed by atoms with van der Waals surface area (Å²) in [5, 5.41) is 15.0. The summed E-state index contributed by atoms with van der Waals surface area (Å²) in [7, 11) is 0. The maximum atomic E-state index is 8.36. The van der Waals surface area contributed by atoms with Crippen LogP contribution in [0.2, 0.25) is 5.02 Å². The summed E-state index contributed by atoms with van der Waals surface area (Å²) in [6.07, 6.45) is 1.31. The first-order valence-electron chi connectivity index (χ1n) is 3.99. The van der Waals surface area contributed by atoms with Gasteiger partial charge < -0.3 is 10.5 Å². The van der Waals surface area contributed by atoms with E-state index in [2.05, 4.69) is 10.5 Å². The van der Waals surface area contributed by atoms with E-state index in [-0.39, 0.29) is 0 Å². The molecule has 0 bridgehead atoms. The maximum absolute atomic E-state index is 8.36. The molecule has 1 aromatic carbocycles. The average Bonchev–Trinajstić information content (AvgIpc) is 2.13. The molecule has 0 aliphatic heterocycles. The molecule has 0 spiro atoms. The van der Waals surface area contributed by atoms with Crippen LogP contribution in [0.3, 0.4) is 0 Å². The SMILES string of the molecule is CCNc1cccc(C=NO)c1Cl. The van der Waals surface area contributed by atoms with Crippen molar-refractivity contribution < 1.29 is 5.21 Å². The molecule has 0 aliphatic carbocycles. The monoisotopic (exact) mass is 198 g/mol. The van der Waals surface area contributed by atoms with E-state index in [1.165, 1.54) is 6.21 Å². The summed E-state index contributed by atoms with van der Waals surface area (Å²) in [6.45, 7) is 2.79. The number of halogens is 1. The summed E-state index contributed by atoms with van der Waals surface area (Å²) in [5.74, 6) is 0. The Balaban J connectivity index is 3.03. The zero-order valence-corrected chi connectivity index (χ0v) is 8.04. The van der Waals surface area contributed by atoms with Crippen LogP contribution in [0.4, 0.5) is 5.69 Å². The fourth-order valence-corrected chi connectivity index (χ4v) is 1.28. The molecule has 0 amide bonds. The van der Waals surface area contributed by atoms with Crippen molar-refractivity contribution in [2.24, 2.45) is 5.16 Å². The summed E-state index contributed by atoms with van der Waals surface area (Å²) >= 11 is 6.00. The van der Waals surface area contributed by atoms with Gasteiger partial charge in [-0.15, -0.1) is 0 Å². The molecule has 2 N–H and O–H groups in total. The van der Waals surface area contributed by atoms with Crippen LogP contribution < -0.4 is 5.32 Å². The van der Waals surface area contributed by atoms with Gasteiger partial charge >= 0.3 is 0 Å². The van der Waals surface area contributed by atoms with Crippen molar-refractivity contribution in [2.75, 3.05) is 11.9 Å². The Kier molecular flexibility index (Phi) is 3.58. The molecule has 0 radical (unpaired) electrons. The standard InChI is InChI=1S/C9H11ClN2O/c1-2-11-8-5-3-4-7(6-12-13)9(8)10/h3-6,11,13H,2H2,1H3. The first kappa shape index (κ1) is 9.86. The lowest BCUT2D eigenvalue weighted by atomic mass is 10.2. The number of oxime groups is 1. The third-order valence-corrected chi connectivity index (χ3v) is 2.01. The minimum Gasteiger partial charge on any atom is -0.411 e. The van der Waals surface area contributed by atoms with Crippen molar-refractivity contribution in [3.05, 3.63) is 28.8 Å². The van der Waals surface area contributed by atoms with Crippen LogP contribution in [0.25, 0.3) is 0 Å². The largest absolute Gasteiger partial charge is 0.411 e. The topological polar surface area (TPSA) is 44.6 Å². The number of hydrogen-bond acceptors (Lipinski definition) is 3. The number of benzene rings is 1. The van der Waals surface area contributed by atoms with Crippen LogP contribution in [0.1, 0.15) is 12.5 Å². The van der Waals surface area contributed by atoms with E-state index in [0.29, 0.717) is 10.6 Å². The highest BCUT2D eigenvalue weighted by molar-refractivity contribution is 6.35. The predicted molar refractivity (Wildman–Crippen MR) is 55.0 cm³/mol. The molecule has 13 heavy (non-hydrogen) atoms. The van der Waals surface area contributed by atoms with Crippen molar-refractivity contribution in [3.63, 3.8) is 0 Å². The van der Waals surface area contributed by atoms with Gasteiger partial charge in [-0.3, -0.25) is 0 Å². The fourth-order valence-electron chi connectivity index (χ4n) is 1.04. The molecule has 0 saturated carbocycles. The Labute approximate surface area is 82.0 Å². The number of anilines is 1. The number of rotatable bonds is 3. The van der Waals surface area contributed by atoms with Crippen molar-refractivity contribution in [3.8, 4) is 0 Å². The second-order valence-corrected chi connectivity index (χ2v) is 2.86. The van der Waals surface area contributed by atoms with Gasteiger partial charge in [0.1, 0.15) is 0 Å². The second kappa shape index (κ2) is 4.72. The van der Waals surface area contributed by atoms with Gasteiger partial charge in [-0.1, -0.05) is 28.9 Å². The van der Waals surface area contributed by atoms with Crippen molar-refractivity contribution in [1.82, 2.24) is 0 Å². The Bertz CT molecular complexity index is 312. The minimum absolute atomic E-state index is 0.571. The van der Waals surface area contributed by atoms with E-state index in [1.54, 1.807) is 6.07 Å². The van der Waals surface area contributed by atoms with Gasteiger partial charge in [0.05, 0.1) is 16.9 Å². The third kappa shape index (κ3) is 2.36. The molecule has 4 heteroatoms. The van der Waals surface area contributed by atoms with Crippen LogP contribution >= 0.6 is 11.6 Å². The Morgan fingerprint density at radius 2 is 2.38 bits per heavy atom. The molecular formula is C9H11ClN2O. The van der Waals surface area contributed by atoms with Gasteiger partial charge in [-0.2, -0.15) is 0 Å². The molecule has 1 aromatic rings. The zero-order valence-electron chi connectivity index (χ0n) is 7.29. The highest BCUT2D eigenvalue weighted by Gasteiger charge is 2.02. The van der Waals surface area contributed by atoms with Gasteiger partial charge in [-0.25, -0.2) is 0 Å². The molecule has 0 saturated heterocycles. The van der Waals surface area contributed by atoms with Crippen molar-refractivity contribution in [1.29, 1.82) is 0 Å². The van der Waals surface area contributed by atoms with Crippen molar-refractivity contribution in [2.45, 2.75) is 6.92 Å². The van der Waals surface area contributed by atoms with E-state index >= 15 is 0 Å². The lowest BCUT2D eigenvalue weighted by Gasteiger charge is -2.06. The quantitative estimate of drug-likeness (QED) is 0.446. The van der Waals surface area contributed by atoms with E-state index < -0.39 is 0 Å². The number of hydrogen-bond donors (Lipinski definition) is 2. The molecular weight excluding hydrogens is 188 g/mol. The molecule has 0 heterocycles. The predicted octanol–water partition coefficient (Wildman–Crippen LogP) is 2.58. The van der Waals surface area contributed by atoms with Gasteiger partial charge in [0, 0.05) is 12.1 Å². The molecule has 0 aliphatic rings. The van der Waals surface area contributed by atoms with Gasteiger partial charge in [0.15, 0.2) is 0 Å². The van der Waals surface area contributed by atoms with E-state index in [1.807, 2.05) is 19.1 Å². The molecule has 0 fully saturated rings. The molecule has 1 rings (SSSR count). The van der Waals surface area contributed by atoms with Gasteiger partial charge in [0.2, 0.25) is 0 Å². The third-order valence-electron chi connectivity index (χ3n) is 1.59. The molecule has 0 unspecified atom stereocenters. The smallest absolute Gasteiger partial charge is 0.0749 e. The molecule has 0 atom stereocenters. The second-order valence-electron chi connectivity index (χ2n) is 2.48. The van der Waals surface area contributed by atoms with Gasteiger partial charge in [0.25, 0.3) is 0 Å². The van der Waals surface area contributed by atoms with Crippen LogP contribution in [0.5, 0.6) is 0 Å². The number of nitrogens with zero attached hydrogens (tertiary/aromatic N) is 1.